The number of hydrogen-bond acceptors (Lipinski definition) is 6. The Morgan fingerprint density at radius 2 is 1.75 bits per heavy atom. The summed E-state index contributed by atoms with van der Waals surface area (Å²) in [6.45, 7) is 0. The number of rotatable bonds is 5. The Hall–Kier alpha value is -4.00. The van der Waals surface area contributed by atoms with Gasteiger partial charge in [0.1, 0.15) is 5.75 Å². The Balaban J connectivity index is 1.70. The molecule has 138 valence electrons. The monoisotopic (exact) mass is 372 g/mol. The van der Waals surface area contributed by atoms with Crippen molar-refractivity contribution < 1.29 is 14.3 Å². The number of methoxy groups -OCH3 is 1. The second-order valence-corrected chi connectivity index (χ2v) is 5.82. The number of benzene rings is 2. The molecule has 0 aliphatic heterocycles. The van der Waals surface area contributed by atoms with Crippen molar-refractivity contribution in [1.29, 1.82) is 0 Å². The molecule has 2 aromatic heterocycles. The van der Waals surface area contributed by atoms with Gasteiger partial charge in [-0.1, -0.05) is 30.3 Å². The highest BCUT2D eigenvalue weighted by atomic mass is 16.5. The summed E-state index contributed by atoms with van der Waals surface area (Å²) in [5.74, 6) is 1.61. The van der Waals surface area contributed by atoms with Crippen LogP contribution in [0.5, 0.6) is 11.6 Å². The second-order valence-electron chi connectivity index (χ2n) is 5.82. The average molecular weight is 372 g/mol. The van der Waals surface area contributed by atoms with Crippen molar-refractivity contribution in [2.75, 3.05) is 7.11 Å². The minimum Gasteiger partial charge on any atom is -0.465 e. The summed E-state index contributed by atoms with van der Waals surface area (Å²) in [5.41, 5.74) is 1.31. The molecule has 0 spiro atoms. The third kappa shape index (κ3) is 3.73. The highest BCUT2D eigenvalue weighted by molar-refractivity contribution is 5.89. The summed E-state index contributed by atoms with van der Waals surface area (Å²) in [4.78, 5) is 20.7. The van der Waals surface area contributed by atoms with Crippen molar-refractivity contribution >= 4 is 5.97 Å². The van der Waals surface area contributed by atoms with Crippen LogP contribution in [0.2, 0.25) is 0 Å². The molecule has 28 heavy (non-hydrogen) atoms. The fraction of sp³-hybridized carbons (Fsp3) is 0.0476. The summed E-state index contributed by atoms with van der Waals surface area (Å²) in [5, 5.41) is 4.23. The van der Waals surface area contributed by atoms with Crippen LogP contribution in [0, 0.1) is 0 Å². The van der Waals surface area contributed by atoms with Gasteiger partial charge in [-0.3, -0.25) is 0 Å². The van der Waals surface area contributed by atoms with E-state index >= 15 is 0 Å². The first kappa shape index (κ1) is 17.4. The molecule has 0 aliphatic carbocycles. The zero-order valence-electron chi connectivity index (χ0n) is 15.0. The van der Waals surface area contributed by atoms with Crippen LogP contribution in [0.15, 0.2) is 79.1 Å². The Labute approximate surface area is 161 Å². The molecule has 7 nitrogen and oxygen atoms in total. The number of nitrogens with zero attached hydrogens (tertiary/aromatic N) is 4. The first-order chi connectivity index (χ1) is 13.7. The summed E-state index contributed by atoms with van der Waals surface area (Å²) >= 11 is 0. The second kappa shape index (κ2) is 7.71. The van der Waals surface area contributed by atoms with Crippen LogP contribution in [0.4, 0.5) is 0 Å². The van der Waals surface area contributed by atoms with Crippen LogP contribution in [0.1, 0.15) is 10.4 Å². The third-order valence-electron chi connectivity index (χ3n) is 3.96. The van der Waals surface area contributed by atoms with Gasteiger partial charge in [0, 0.05) is 24.0 Å². The predicted octanol–water partition coefficient (Wildman–Crippen LogP) is 3.91. The van der Waals surface area contributed by atoms with Crippen molar-refractivity contribution in [1.82, 2.24) is 19.7 Å². The molecule has 0 saturated carbocycles. The quantitative estimate of drug-likeness (QED) is 0.494. The van der Waals surface area contributed by atoms with Gasteiger partial charge in [-0.15, -0.1) is 0 Å². The van der Waals surface area contributed by atoms with E-state index in [1.165, 1.54) is 7.11 Å². The molecule has 7 heteroatoms. The molecule has 0 amide bonds. The fourth-order valence-electron chi connectivity index (χ4n) is 2.60. The van der Waals surface area contributed by atoms with Crippen LogP contribution < -0.4 is 4.74 Å². The smallest absolute Gasteiger partial charge is 0.337 e. The summed E-state index contributed by atoms with van der Waals surface area (Å²) in [7, 11) is 1.34. The lowest BCUT2D eigenvalue weighted by molar-refractivity contribution is 0.0600. The van der Waals surface area contributed by atoms with Gasteiger partial charge in [0.2, 0.25) is 5.88 Å². The number of ether oxygens (including phenoxy) is 2. The minimum atomic E-state index is -0.402. The van der Waals surface area contributed by atoms with Gasteiger partial charge in [0.15, 0.2) is 11.6 Å². The zero-order valence-corrected chi connectivity index (χ0v) is 15.0. The Kier molecular flexibility index (Phi) is 4.79. The average Bonchev–Trinajstić information content (AvgIpc) is 3.29. The molecule has 4 aromatic rings. The zero-order chi connectivity index (χ0) is 19.3. The van der Waals surface area contributed by atoms with E-state index in [4.69, 9.17) is 9.47 Å². The molecule has 0 radical (unpaired) electrons. The van der Waals surface area contributed by atoms with Crippen molar-refractivity contribution in [3.8, 4) is 28.8 Å². The Bertz CT molecular complexity index is 1080. The van der Waals surface area contributed by atoms with Gasteiger partial charge in [0.25, 0.3) is 0 Å². The Morgan fingerprint density at radius 1 is 0.964 bits per heavy atom. The topological polar surface area (TPSA) is 79.1 Å². The molecule has 2 aromatic carbocycles. The molecule has 0 bridgehead atoms. The van der Waals surface area contributed by atoms with Gasteiger partial charge < -0.3 is 9.47 Å². The standard InChI is InChI=1S/C21H16N4O3/c1-27-21(26)16-8-10-17(11-9-16)28-19-14-18(25-13-5-12-22-25)23-20(24-19)15-6-3-2-4-7-15/h2-14H,1H3. The molecule has 0 saturated heterocycles. The minimum absolute atomic E-state index is 0.366. The first-order valence-corrected chi connectivity index (χ1v) is 8.54. The molecule has 0 atom stereocenters. The van der Waals surface area contributed by atoms with Crippen molar-refractivity contribution in [2.45, 2.75) is 0 Å². The summed E-state index contributed by atoms with van der Waals surface area (Å²) < 4.78 is 12.2. The maximum Gasteiger partial charge on any atom is 0.337 e. The van der Waals surface area contributed by atoms with E-state index in [1.807, 2.05) is 36.4 Å². The van der Waals surface area contributed by atoms with E-state index in [2.05, 4.69) is 15.1 Å². The highest BCUT2D eigenvalue weighted by Gasteiger charge is 2.11. The molecule has 4 rings (SSSR count). The lowest BCUT2D eigenvalue weighted by Gasteiger charge is -2.10. The molecule has 0 aliphatic rings. The predicted molar refractivity (Wildman–Crippen MR) is 102 cm³/mol. The van der Waals surface area contributed by atoms with Gasteiger partial charge in [-0.2, -0.15) is 10.1 Å². The molecular weight excluding hydrogens is 356 g/mol. The first-order valence-electron chi connectivity index (χ1n) is 8.54. The maximum absolute atomic E-state index is 11.6. The Morgan fingerprint density at radius 3 is 2.43 bits per heavy atom. The normalized spacial score (nSPS) is 10.5. The molecule has 0 fully saturated rings. The highest BCUT2D eigenvalue weighted by Crippen LogP contribution is 2.25. The summed E-state index contributed by atoms with van der Waals surface area (Å²) in [6, 6.07) is 19.8. The molecular formula is C21H16N4O3. The number of aromatic nitrogens is 4. The third-order valence-corrected chi connectivity index (χ3v) is 3.96. The van der Waals surface area contributed by atoms with Gasteiger partial charge in [-0.25, -0.2) is 14.5 Å². The van der Waals surface area contributed by atoms with Crippen molar-refractivity contribution in [3.63, 3.8) is 0 Å². The fourth-order valence-corrected chi connectivity index (χ4v) is 2.60. The van der Waals surface area contributed by atoms with E-state index < -0.39 is 5.97 Å². The number of carbonyl (C=O) groups excluding carboxylic acids is 1. The number of carbonyl (C=O) groups is 1. The van der Waals surface area contributed by atoms with Crippen LogP contribution >= 0.6 is 0 Å². The van der Waals surface area contributed by atoms with Crippen LogP contribution in [0.25, 0.3) is 17.2 Å². The van der Waals surface area contributed by atoms with Gasteiger partial charge in [-0.05, 0) is 30.3 Å². The van der Waals surface area contributed by atoms with Crippen LogP contribution in [0.3, 0.4) is 0 Å². The van der Waals surface area contributed by atoms with E-state index in [0.717, 1.165) is 5.56 Å². The van der Waals surface area contributed by atoms with E-state index in [9.17, 15) is 4.79 Å². The van der Waals surface area contributed by atoms with Crippen molar-refractivity contribution in [3.05, 3.63) is 84.7 Å². The SMILES string of the molecule is COC(=O)c1ccc(Oc2cc(-n3cccn3)nc(-c3ccccc3)n2)cc1. The maximum atomic E-state index is 11.6. The van der Waals surface area contributed by atoms with E-state index in [1.54, 1.807) is 47.4 Å². The lowest BCUT2D eigenvalue weighted by Crippen LogP contribution is -2.03. The van der Waals surface area contributed by atoms with E-state index in [0.29, 0.717) is 28.8 Å². The molecule has 0 N–H and O–H groups in total. The largest absolute Gasteiger partial charge is 0.465 e. The molecule has 0 unspecified atom stereocenters. The van der Waals surface area contributed by atoms with Crippen LogP contribution in [-0.4, -0.2) is 32.8 Å². The van der Waals surface area contributed by atoms with Gasteiger partial charge in [0.05, 0.1) is 12.7 Å². The van der Waals surface area contributed by atoms with Gasteiger partial charge >= 0.3 is 5.97 Å². The van der Waals surface area contributed by atoms with Crippen LogP contribution in [-0.2, 0) is 4.74 Å². The number of hydrogen-bond donors (Lipinski definition) is 0. The van der Waals surface area contributed by atoms with E-state index in [-0.39, 0.29) is 0 Å². The van der Waals surface area contributed by atoms with Crippen molar-refractivity contribution in [2.24, 2.45) is 0 Å². The summed E-state index contributed by atoms with van der Waals surface area (Å²) in [6.07, 6.45) is 3.47. The molecule has 2 heterocycles. The lowest BCUT2D eigenvalue weighted by atomic mass is 10.2. The number of esters is 1.